The van der Waals surface area contributed by atoms with Crippen molar-refractivity contribution in [2.24, 2.45) is 17.3 Å². The number of likely N-dealkylation sites (tertiary alicyclic amines) is 1. The number of hydrogen-bond donors (Lipinski definition) is 2. The molecule has 0 aromatic carbocycles. The van der Waals surface area contributed by atoms with E-state index in [1.807, 2.05) is 0 Å². The van der Waals surface area contributed by atoms with Crippen LogP contribution in [0.4, 0.5) is 0 Å². The van der Waals surface area contributed by atoms with E-state index in [2.05, 4.69) is 4.90 Å². The Bertz CT molecular complexity index is 350. The van der Waals surface area contributed by atoms with E-state index in [0.717, 1.165) is 50.6 Å². The predicted molar refractivity (Wildman–Crippen MR) is 73.5 cm³/mol. The first-order valence-electron chi connectivity index (χ1n) is 8.21. The summed E-state index contributed by atoms with van der Waals surface area (Å²) in [6, 6.07) is 0. The first kappa shape index (κ1) is 12.6. The molecular weight excluding hydrogens is 238 g/mol. The van der Waals surface area contributed by atoms with Gasteiger partial charge < -0.3 is 10.2 Å². The molecule has 0 spiro atoms. The molecule has 5 rings (SSSR count). The van der Waals surface area contributed by atoms with Gasteiger partial charge >= 0.3 is 0 Å². The molecule has 1 heterocycles. The maximum absolute atomic E-state index is 10.8. The molecule has 0 aromatic heterocycles. The minimum Gasteiger partial charge on any atom is -0.390 e. The Balaban J connectivity index is 1.50. The van der Waals surface area contributed by atoms with Crippen LogP contribution in [0.15, 0.2) is 0 Å². The molecule has 3 unspecified atom stereocenters. The average Bonchev–Trinajstić information content (AvgIpc) is 2.77. The third-order valence-electron chi connectivity index (χ3n) is 6.33. The minimum absolute atomic E-state index is 0.251. The highest BCUT2D eigenvalue weighted by atomic mass is 16.3. The summed E-state index contributed by atoms with van der Waals surface area (Å²) in [5, 5.41) is 21.3. The van der Waals surface area contributed by atoms with Gasteiger partial charge in [-0.05, 0) is 75.0 Å². The third-order valence-corrected chi connectivity index (χ3v) is 6.33. The van der Waals surface area contributed by atoms with Gasteiger partial charge in [-0.15, -0.1) is 0 Å². The normalized spacial score (nSPS) is 50.8. The fraction of sp³-hybridized carbons (Fsp3) is 1.00. The van der Waals surface area contributed by atoms with E-state index in [1.165, 1.54) is 32.1 Å². The van der Waals surface area contributed by atoms with Crippen LogP contribution in [0, 0.1) is 17.3 Å². The summed E-state index contributed by atoms with van der Waals surface area (Å²) in [6.45, 7) is 2.13. The van der Waals surface area contributed by atoms with Crippen molar-refractivity contribution in [1.29, 1.82) is 0 Å². The standard InChI is InChI=1S/C16H27NO2/c18-14(17-3-1-2-4-17)10-15-6-12-5-13(7-15)9-16(19,8-12)11-15/h12-14,18-19H,1-11H2. The van der Waals surface area contributed by atoms with Crippen molar-refractivity contribution in [3.05, 3.63) is 0 Å². The number of aliphatic hydroxyl groups excluding tert-OH is 1. The van der Waals surface area contributed by atoms with Gasteiger partial charge in [0.25, 0.3) is 0 Å². The number of aliphatic hydroxyl groups is 2. The Morgan fingerprint density at radius 2 is 1.68 bits per heavy atom. The molecule has 4 saturated carbocycles. The van der Waals surface area contributed by atoms with Crippen LogP contribution >= 0.6 is 0 Å². The summed E-state index contributed by atoms with van der Waals surface area (Å²) in [7, 11) is 0. The van der Waals surface area contributed by atoms with Crippen LogP contribution in [0.25, 0.3) is 0 Å². The Morgan fingerprint density at radius 3 is 2.26 bits per heavy atom. The molecule has 4 bridgehead atoms. The first-order valence-corrected chi connectivity index (χ1v) is 8.21. The highest BCUT2D eigenvalue weighted by Gasteiger charge is 2.57. The van der Waals surface area contributed by atoms with Crippen LogP contribution in [0.1, 0.15) is 57.8 Å². The zero-order valence-corrected chi connectivity index (χ0v) is 11.9. The lowest BCUT2D eigenvalue weighted by Gasteiger charge is -2.61. The molecule has 1 saturated heterocycles. The highest BCUT2D eigenvalue weighted by Crippen LogP contribution is 2.63. The summed E-state index contributed by atoms with van der Waals surface area (Å²) in [5.41, 5.74) is -0.129. The van der Waals surface area contributed by atoms with Gasteiger partial charge in [0.2, 0.25) is 0 Å². The SMILES string of the molecule is OC(CC12CC3CC(CC(O)(C3)C1)C2)N1CCCC1. The van der Waals surface area contributed by atoms with Crippen molar-refractivity contribution >= 4 is 0 Å². The van der Waals surface area contributed by atoms with Crippen LogP contribution in [0.2, 0.25) is 0 Å². The van der Waals surface area contributed by atoms with Gasteiger partial charge in [0.05, 0.1) is 5.60 Å². The minimum atomic E-state index is -0.380. The molecule has 5 aliphatic rings. The lowest BCUT2D eigenvalue weighted by Crippen LogP contribution is -2.57. The number of rotatable bonds is 3. The summed E-state index contributed by atoms with van der Waals surface area (Å²) in [5.74, 6) is 1.47. The Morgan fingerprint density at radius 1 is 1.05 bits per heavy atom. The van der Waals surface area contributed by atoms with Crippen molar-refractivity contribution in [2.75, 3.05) is 13.1 Å². The molecule has 0 aromatic rings. The van der Waals surface area contributed by atoms with Crippen molar-refractivity contribution in [1.82, 2.24) is 4.90 Å². The molecule has 3 nitrogen and oxygen atoms in total. The van der Waals surface area contributed by atoms with Crippen LogP contribution in [-0.4, -0.2) is 40.0 Å². The van der Waals surface area contributed by atoms with Crippen molar-refractivity contribution in [3.63, 3.8) is 0 Å². The fourth-order valence-corrected chi connectivity index (χ4v) is 6.20. The third kappa shape index (κ3) is 2.14. The summed E-state index contributed by atoms with van der Waals surface area (Å²) >= 11 is 0. The van der Waals surface area contributed by atoms with E-state index >= 15 is 0 Å². The van der Waals surface area contributed by atoms with E-state index < -0.39 is 0 Å². The molecule has 2 N–H and O–H groups in total. The zero-order chi connectivity index (χ0) is 13.1. The maximum Gasteiger partial charge on any atom is 0.107 e. The molecule has 3 atom stereocenters. The van der Waals surface area contributed by atoms with Gasteiger partial charge in [-0.1, -0.05) is 0 Å². The number of nitrogens with zero attached hydrogens (tertiary/aromatic N) is 1. The second-order valence-corrected chi connectivity index (χ2v) is 8.11. The van der Waals surface area contributed by atoms with Gasteiger partial charge in [0, 0.05) is 13.1 Å². The van der Waals surface area contributed by atoms with Gasteiger partial charge in [-0.25, -0.2) is 0 Å². The highest BCUT2D eigenvalue weighted by molar-refractivity contribution is 5.08. The Hall–Kier alpha value is -0.120. The van der Waals surface area contributed by atoms with E-state index in [9.17, 15) is 10.2 Å². The van der Waals surface area contributed by atoms with Crippen LogP contribution < -0.4 is 0 Å². The number of hydrogen-bond acceptors (Lipinski definition) is 3. The molecule has 19 heavy (non-hydrogen) atoms. The van der Waals surface area contributed by atoms with E-state index in [-0.39, 0.29) is 17.2 Å². The van der Waals surface area contributed by atoms with Gasteiger partial charge in [0.15, 0.2) is 0 Å². The van der Waals surface area contributed by atoms with E-state index in [4.69, 9.17) is 0 Å². The molecule has 0 amide bonds. The molecular formula is C16H27NO2. The molecule has 108 valence electrons. The summed E-state index contributed by atoms with van der Waals surface area (Å²) in [6.07, 6.45) is 9.99. The molecule has 4 aliphatic carbocycles. The second-order valence-electron chi connectivity index (χ2n) is 8.11. The quantitative estimate of drug-likeness (QED) is 0.821. The topological polar surface area (TPSA) is 43.7 Å². The van der Waals surface area contributed by atoms with Crippen molar-refractivity contribution in [2.45, 2.75) is 69.6 Å². The van der Waals surface area contributed by atoms with Crippen LogP contribution in [0.3, 0.4) is 0 Å². The van der Waals surface area contributed by atoms with Crippen LogP contribution in [0.5, 0.6) is 0 Å². The van der Waals surface area contributed by atoms with E-state index in [0.29, 0.717) is 0 Å². The first-order chi connectivity index (χ1) is 9.06. The van der Waals surface area contributed by atoms with Crippen molar-refractivity contribution < 1.29 is 10.2 Å². The largest absolute Gasteiger partial charge is 0.390 e. The molecule has 0 radical (unpaired) electrons. The molecule has 3 heteroatoms. The van der Waals surface area contributed by atoms with Gasteiger partial charge in [-0.3, -0.25) is 4.90 Å². The summed E-state index contributed by atoms with van der Waals surface area (Å²) < 4.78 is 0. The fourth-order valence-electron chi connectivity index (χ4n) is 6.20. The second kappa shape index (κ2) is 4.19. The lowest BCUT2D eigenvalue weighted by atomic mass is 9.47. The predicted octanol–water partition coefficient (Wildman–Crippen LogP) is 2.12. The molecule has 5 fully saturated rings. The van der Waals surface area contributed by atoms with Crippen molar-refractivity contribution in [3.8, 4) is 0 Å². The zero-order valence-electron chi connectivity index (χ0n) is 11.9. The molecule has 1 aliphatic heterocycles. The van der Waals surface area contributed by atoms with E-state index in [1.54, 1.807) is 0 Å². The smallest absolute Gasteiger partial charge is 0.107 e. The maximum atomic E-state index is 10.8. The van der Waals surface area contributed by atoms with Gasteiger partial charge in [-0.2, -0.15) is 0 Å². The Labute approximate surface area is 116 Å². The average molecular weight is 265 g/mol. The Kier molecular flexibility index (Phi) is 2.78. The summed E-state index contributed by atoms with van der Waals surface area (Å²) in [4.78, 5) is 2.25. The van der Waals surface area contributed by atoms with Crippen LogP contribution in [-0.2, 0) is 0 Å². The van der Waals surface area contributed by atoms with Gasteiger partial charge in [0.1, 0.15) is 6.23 Å². The lowest BCUT2D eigenvalue weighted by molar-refractivity contribution is -0.179. The monoisotopic (exact) mass is 265 g/mol.